The molecule has 1 unspecified atom stereocenters. The molecule has 0 aromatic rings. The number of methoxy groups -OCH3 is 2. The van der Waals surface area contributed by atoms with E-state index in [2.05, 4.69) is 15.9 Å². The van der Waals surface area contributed by atoms with Gasteiger partial charge < -0.3 is 33.5 Å². The number of aliphatic hydroxyl groups excluding tert-OH is 1. The summed E-state index contributed by atoms with van der Waals surface area (Å²) in [5.74, 6) is 0. The third-order valence-corrected chi connectivity index (χ3v) is 3.55. The molecule has 8 heteroatoms. The average molecular weight is 401 g/mol. The zero-order chi connectivity index (χ0) is 17.5. The molecule has 0 aliphatic carbocycles. The van der Waals surface area contributed by atoms with E-state index >= 15 is 0 Å². The molecular weight excluding hydrogens is 372 g/mol. The molecule has 0 bridgehead atoms. The van der Waals surface area contributed by atoms with Crippen LogP contribution in [0.25, 0.3) is 0 Å². The van der Waals surface area contributed by atoms with Gasteiger partial charge >= 0.3 is 0 Å². The van der Waals surface area contributed by atoms with E-state index in [1.165, 1.54) is 0 Å². The highest BCUT2D eigenvalue weighted by molar-refractivity contribution is 9.11. The summed E-state index contributed by atoms with van der Waals surface area (Å²) in [7, 11) is 3.21. The van der Waals surface area contributed by atoms with Crippen molar-refractivity contribution in [2.75, 3.05) is 54.2 Å². The van der Waals surface area contributed by atoms with Crippen LogP contribution in [0.2, 0.25) is 0 Å². The van der Waals surface area contributed by atoms with Crippen molar-refractivity contribution in [1.82, 2.24) is 0 Å². The van der Waals surface area contributed by atoms with Crippen molar-refractivity contribution >= 4 is 15.9 Å². The Labute approximate surface area is 147 Å². The summed E-state index contributed by atoms with van der Waals surface area (Å²) in [5, 5.41) is 10.2. The minimum absolute atomic E-state index is 0.0985. The highest BCUT2D eigenvalue weighted by Crippen LogP contribution is 2.17. The maximum absolute atomic E-state index is 10.2. The Hall–Kier alpha value is -0.0600. The van der Waals surface area contributed by atoms with Crippen LogP contribution in [0.1, 0.15) is 13.8 Å². The van der Waals surface area contributed by atoms with Crippen molar-refractivity contribution < 1.29 is 33.5 Å². The van der Waals surface area contributed by atoms with Gasteiger partial charge in [0.2, 0.25) is 0 Å². The van der Waals surface area contributed by atoms with Crippen LogP contribution in [0.4, 0.5) is 0 Å². The lowest BCUT2D eigenvalue weighted by Crippen LogP contribution is -2.28. The lowest BCUT2D eigenvalue weighted by Gasteiger charge is -2.20. The molecule has 0 saturated carbocycles. The first-order chi connectivity index (χ1) is 11.0. The van der Waals surface area contributed by atoms with E-state index in [0.29, 0.717) is 30.9 Å². The minimum atomic E-state index is -0.804. The second-order valence-corrected chi connectivity index (χ2v) is 5.69. The Balaban J connectivity index is 3.96. The zero-order valence-electron chi connectivity index (χ0n) is 14.3. The Morgan fingerprint density at radius 2 is 1.48 bits per heavy atom. The molecule has 0 rings (SSSR count). The van der Waals surface area contributed by atoms with Crippen molar-refractivity contribution in [1.29, 1.82) is 0 Å². The van der Waals surface area contributed by atoms with E-state index in [4.69, 9.17) is 28.4 Å². The smallest absolute Gasteiger partial charge is 0.147 e. The maximum atomic E-state index is 10.2. The van der Waals surface area contributed by atoms with Crippen molar-refractivity contribution in [3.63, 3.8) is 0 Å². The van der Waals surface area contributed by atoms with Crippen LogP contribution in [0, 0.1) is 0 Å². The van der Waals surface area contributed by atoms with Gasteiger partial charge in [0.25, 0.3) is 0 Å². The molecule has 0 aliphatic rings. The lowest BCUT2D eigenvalue weighted by molar-refractivity contribution is -0.115. The molecule has 0 aromatic carbocycles. The third kappa shape index (κ3) is 13.0. The van der Waals surface area contributed by atoms with Crippen LogP contribution in [-0.4, -0.2) is 77.7 Å². The molecule has 138 valence electrons. The Bertz CT molecular complexity index is 302. The first kappa shape index (κ1) is 22.9. The molecule has 0 radical (unpaired) electrons. The van der Waals surface area contributed by atoms with Gasteiger partial charge in [-0.25, -0.2) is 0 Å². The van der Waals surface area contributed by atoms with Gasteiger partial charge in [0, 0.05) is 18.7 Å². The molecule has 3 atom stereocenters. The summed E-state index contributed by atoms with van der Waals surface area (Å²) in [4.78, 5) is 0. The summed E-state index contributed by atoms with van der Waals surface area (Å²) >= 11 is 3.34. The largest absolute Gasteiger partial charge is 0.385 e. The second kappa shape index (κ2) is 15.5. The summed E-state index contributed by atoms with van der Waals surface area (Å²) in [6.07, 6.45) is 0.317. The van der Waals surface area contributed by atoms with Gasteiger partial charge in [-0.1, -0.05) is 15.9 Å². The van der Waals surface area contributed by atoms with Crippen molar-refractivity contribution in [2.24, 2.45) is 0 Å². The summed E-state index contributed by atoms with van der Waals surface area (Å²) in [5.41, 5.74) is 0. The van der Waals surface area contributed by atoms with E-state index in [1.54, 1.807) is 27.2 Å². The second-order valence-electron chi connectivity index (χ2n) is 4.78. The molecule has 0 fully saturated rings. The maximum Gasteiger partial charge on any atom is 0.147 e. The van der Waals surface area contributed by atoms with E-state index in [0.717, 1.165) is 0 Å². The van der Waals surface area contributed by atoms with Crippen LogP contribution in [0.15, 0.2) is 10.6 Å². The first-order valence-corrected chi connectivity index (χ1v) is 8.24. The molecule has 0 amide bonds. The first-order valence-electron chi connectivity index (χ1n) is 7.44. The number of ether oxygens (including phenoxy) is 6. The SMILES string of the molecule is COCCOCO[C@@H](C)C(O)/C(Br)=C\[C@H](C)OCOCCOC. The van der Waals surface area contributed by atoms with E-state index < -0.39 is 12.2 Å². The summed E-state index contributed by atoms with van der Waals surface area (Å²) < 4.78 is 31.6. The van der Waals surface area contributed by atoms with Crippen molar-refractivity contribution in [2.45, 2.75) is 32.2 Å². The molecule has 0 heterocycles. The highest BCUT2D eigenvalue weighted by atomic mass is 79.9. The summed E-state index contributed by atoms with van der Waals surface area (Å²) in [6, 6.07) is 0. The van der Waals surface area contributed by atoms with Crippen LogP contribution in [-0.2, 0) is 28.4 Å². The van der Waals surface area contributed by atoms with Crippen LogP contribution >= 0.6 is 15.9 Å². The number of hydrogen-bond acceptors (Lipinski definition) is 7. The van der Waals surface area contributed by atoms with Gasteiger partial charge in [-0.15, -0.1) is 0 Å². The highest BCUT2D eigenvalue weighted by Gasteiger charge is 2.18. The molecule has 23 heavy (non-hydrogen) atoms. The quantitative estimate of drug-likeness (QED) is 0.331. The topological polar surface area (TPSA) is 75.6 Å². The fourth-order valence-corrected chi connectivity index (χ4v) is 2.14. The van der Waals surface area contributed by atoms with Gasteiger partial charge in [-0.2, -0.15) is 0 Å². The van der Waals surface area contributed by atoms with Crippen LogP contribution < -0.4 is 0 Å². The lowest BCUT2D eigenvalue weighted by atomic mass is 10.2. The van der Waals surface area contributed by atoms with E-state index in [1.807, 2.05) is 6.92 Å². The summed E-state index contributed by atoms with van der Waals surface area (Å²) in [6.45, 7) is 5.83. The van der Waals surface area contributed by atoms with Crippen LogP contribution in [0.3, 0.4) is 0 Å². The normalized spacial score (nSPS) is 16.3. The molecule has 0 saturated heterocycles. The van der Waals surface area contributed by atoms with Gasteiger partial charge in [-0.3, -0.25) is 0 Å². The minimum Gasteiger partial charge on any atom is -0.385 e. The van der Waals surface area contributed by atoms with Crippen molar-refractivity contribution in [3.8, 4) is 0 Å². The van der Waals surface area contributed by atoms with E-state index in [9.17, 15) is 5.11 Å². The molecule has 0 aliphatic heterocycles. The predicted octanol–water partition coefficient (Wildman–Crippen LogP) is 1.68. The Morgan fingerprint density at radius 1 is 0.957 bits per heavy atom. The standard InChI is InChI=1S/C15H29BrO7/c1-12(22-10-20-7-5-18-3)9-14(16)15(17)13(2)23-11-21-8-6-19-4/h9,12-13,15,17H,5-8,10-11H2,1-4H3/b14-9+/t12-,13-,15?/m0/s1. The number of hydrogen-bond donors (Lipinski definition) is 1. The van der Waals surface area contributed by atoms with Gasteiger partial charge in [0.15, 0.2) is 0 Å². The van der Waals surface area contributed by atoms with Gasteiger partial charge in [-0.05, 0) is 19.9 Å². The zero-order valence-corrected chi connectivity index (χ0v) is 15.9. The van der Waals surface area contributed by atoms with Crippen molar-refractivity contribution in [3.05, 3.63) is 10.6 Å². The Morgan fingerprint density at radius 3 is 2.00 bits per heavy atom. The third-order valence-electron chi connectivity index (χ3n) is 2.81. The monoisotopic (exact) mass is 400 g/mol. The average Bonchev–Trinajstić information content (AvgIpc) is 2.53. The fraction of sp³-hybridized carbons (Fsp3) is 0.867. The fourth-order valence-electron chi connectivity index (χ4n) is 1.40. The number of halogens is 1. The molecule has 1 N–H and O–H groups in total. The van der Waals surface area contributed by atoms with Gasteiger partial charge in [0.05, 0.1) is 38.6 Å². The van der Waals surface area contributed by atoms with Gasteiger partial charge in [0.1, 0.15) is 19.7 Å². The van der Waals surface area contributed by atoms with Crippen LogP contribution in [0.5, 0.6) is 0 Å². The molecule has 0 aromatic heterocycles. The van der Waals surface area contributed by atoms with E-state index in [-0.39, 0.29) is 19.7 Å². The molecular formula is C15H29BrO7. The number of rotatable bonds is 15. The molecule has 7 nitrogen and oxygen atoms in total. The predicted molar refractivity (Wildman–Crippen MR) is 89.5 cm³/mol. The number of aliphatic hydroxyl groups is 1. The Kier molecular flexibility index (Phi) is 15.4. The molecule has 0 spiro atoms.